The van der Waals surface area contributed by atoms with Gasteiger partial charge >= 0.3 is 0 Å². The van der Waals surface area contributed by atoms with Gasteiger partial charge in [0.2, 0.25) is 5.91 Å². The van der Waals surface area contributed by atoms with Crippen molar-refractivity contribution in [2.75, 3.05) is 7.11 Å². The van der Waals surface area contributed by atoms with Crippen molar-refractivity contribution in [3.8, 4) is 17.6 Å². The normalized spacial score (nSPS) is 19.1. The standard InChI is InChI=1S/C27H28N4O3/c1-18(2)31-27(33)23-7-5-4-6-22(23)26(30-31)21-8-10-24(34-3)20(16-21)9-11-25(32)29-17-19-12-14-28-15-13-19/h4-5,8,10,12-16,18,22-23H,6-7,17H2,1-3H3,(H,29,32)/t22-,23+/m0/s1. The molecule has 1 aromatic carbocycles. The van der Waals surface area contributed by atoms with E-state index in [0.717, 1.165) is 23.3 Å². The third-order valence-corrected chi connectivity index (χ3v) is 6.04. The zero-order valence-corrected chi connectivity index (χ0v) is 19.6. The minimum absolute atomic E-state index is 0.0189. The van der Waals surface area contributed by atoms with Gasteiger partial charge in [-0.1, -0.05) is 18.1 Å². The molecular formula is C27H28N4O3. The predicted molar refractivity (Wildman–Crippen MR) is 130 cm³/mol. The number of ether oxygens (including phenoxy) is 1. The predicted octanol–water partition coefficient (Wildman–Crippen LogP) is 3.30. The molecule has 2 aromatic rings. The number of hydrogen-bond acceptors (Lipinski definition) is 5. The van der Waals surface area contributed by atoms with Crippen molar-refractivity contribution in [1.29, 1.82) is 0 Å². The van der Waals surface area contributed by atoms with Crippen LogP contribution in [-0.2, 0) is 16.1 Å². The molecule has 4 rings (SSSR count). The number of hydrogen-bond donors (Lipinski definition) is 1. The minimum Gasteiger partial charge on any atom is -0.495 e. The summed E-state index contributed by atoms with van der Waals surface area (Å²) in [7, 11) is 1.57. The molecule has 7 heteroatoms. The summed E-state index contributed by atoms with van der Waals surface area (Å²) in [6.45, 7) is 4.31. The number of methoxy groups -OCH3 is 1. The Morgan fingerprint density at radius 1 is 1.18 bits per heavy atom. The van der Waals surface area contributed by atoms with Crippen molar-refractivity contribution in [2.45, 2.75) is 39.3 Å². The van der Waals surface area contributed by atoms with Crippen LogP contribution < -0.4 is 10.1 Å². The molecule has 174 valence electrons. The van der Waals surface area contributed by atoms with E-state index in [1.807, 2.05) is 44.2 Å². The van der Waals surface area contributed by atoms with E-state index < -0.39 is 0 Å². The lowest BCUT2D eigenvalue weighted by Crippen LogP contribution is -2.47. The lowest BCUT2D eigenvalue weighted by Gasteiger charge is -2.38. The molecule has 0 fully saturated rings. The first-order valence-electron chi connectivity index (χ1n) is 11.4. The van der Waals surface area contributed by atoms with Crippen LogP contribution >= 0.6 is 0 Å². The third kappa shape index (κ3) is 5.01. The highest BCUT2D eigenvalue weighted by Gasteiger charge is 2.40. The van der Waals surface area contributed by atoms with Gasteiger partial charge in [-0.25, -0.2) is 5.01 Å². The van der Waals surface area contributed by atoms with E-state index in [1.54, 1.807) is 24.5 Å². The van der Waals surface area contributed by atoms with Gasteiger partial charge in [-0.15, -0.1) is 0 Å². The summed E-state index contributed by atoms with van der Waals surface area (Å²) in [6.07, 6.45) is 9.04. The number of fused-ring (bicyclic) bond motifs is 1. The van der Waals surface area contributed by atoms with Crippen molar-refractivity contribution in [2.24, 2.45) is 16.9 Å². The first-order chi connectivity index (χ1) is 16.5. The molecule has 0 bridgehead atoms. The summed E-state index contributed by atoms with van der Waals surface area (Å²) in [5.41, 5.74) is 3.29. The summed E-state index contributed by atoms with van der Waals surface area (Å²) in [4.78, 5) is 29.3. The SMILES string of the molecule is COc1ccc(C2=NN(C(C)C)C(=O)[C@@H]3CC=CC[C@H]23)cc1C#CC(=O)NCc1ccncc1. The molecule has 0 saturated carbocycles. The maximum absolute atomic E-state index is 13.0. The Labute approximate surface area is 199 Å². The number of nitrogens with one attached hydrogen (secondary N) is 1. The van der Waals surface area contributed by atoms with Gasteiger partial charge in [-0.05, 0) is 68.1 Å². The molecule has 1 aromatic heterocycles. The van der Waals surface area contributed by atoms with Gasteiger partial charge in [0.05, 0.1) is 24.3 Å². The summed E-state index contributed by atoms with van der Waals surface area (Å²) >= 11 is 0. The van der Waals surface area contributed by atoms with E-state index in [-0.39, 0.29) is 29.7 Å². The Bertz CT molecular complexity index is 1190. The molecule has 0 radical (unpaired) electrons. The molecule has 2 amide bonds. The summed E-state index contributed by atoms with van der Waals surface area (Å²) in [6, 6.07) is 9.31. The van der Waals surface area contributed by atoms with E-state index in [1.165, 1.54) is 0 Å². The van der Waals surface area contributed by atoms with Crippen LogP contribution in [-0.4, -0.2) is 40.7 Å². The molecule has 1 N–H and O–H groups in total. The number of carbonyl (C=O) groups is 2. The van der Waals surface area contributed by atoms with Crippen LogP contribution in [0.15, 0.2) is 60.0 Å². The van der Waals surface area contributed by atoms with Gasteiger partial charge in [0, 0.05) is 36.8 Å². The van der Waals surface area contributed by atoms with Crippen LogP contribution in [0.3, 0.4) is 0 Å². The van der Waals surface area contributed by atoms with E-state index >= 15 is 0 Å². The molecule has 2 heterocycles. The summed E-state index contributed by atoms with van der Waals surface area (Å²) in [5, 5.41) is 9.15. The van der Waals surface area contributed by atoms with E-state index in [2.05, 4.69) is 34.3 Å². The van der Waals surface area contributed by atoms with Gasteiger partial charge in [0.25, 0.3) is 5.91 Å². The fourth-order valence-corrected chi connectivity index (χ4v) is 4.26. The number of allylic oxidation sites excluding steroid dienone is 2. The van der Waals surface area contributed by atoms with Gasteiger partial charge in [-0.3, -0.25) is 14.6 Å². The zero-order chi connectivity index (χ0) is 24.1. The monoisotopic (exact) mass is 456 g/mol. The lowest BCUT2D eigenvalue weighted by molar-refractivity contribution is -0.139. The van der Waals surface area contributed by atoms with E-state index in [9.17, 15) is 9.59 Å². The van der Waals surface area contributed by atoms with Crippen molar-refractivity contribution in [3.63, 3.8) is 0 Å². The number of pyridine rings is 1. The van der Waals surface area contributed by atoms with Crippen molar-refractivity contribution in [1.82, 2.24) is 15.3 Å². The minimum atomic E-state index is -0.381. The van der Waals surface area contributed by atoms with Gasteiger partial charge in [0.1, 0.15) is 5.75 Å². The number of rotatable bonds is 5. The molecule has 2 atom stereocenters. The molecule has 7 nitrogen and oxygen atoms in total. The van der Waals surface area contributed by atoms with Crippen LogP contribution in [0.5, 0.6) is 5.75 Å². The van der Waals surface area contributed by atoms with Crippen LogP contribution in [0.2, 0.25) is 0 Å². The summed E-state index contributed by atoms with van der Waals surface area (Å²) < 4.78 is 5.48. The number of hydrazone groups is 1. The molecule has 34 heavy (non-hydrogen) atoms. The summed E-state index contributed by atoms with van der Waals surface area (Å²) in [5.74, 6) is 5.77. The average Bonchev–Trinajstić information content (AvgIpc) is 2.87. The van der Waals surface area contributed by atoms with Crippen LogP contribution in [0.25, 0.3) is 0 Å². The average molecular weight is 457 g/mol. The fourth-order valence-electron chi connectivity index (χ4n) is 4.26. The first kappa shape index (κ1) is 23.2. The second-order valence-electron chi connectivity index (χ2n) is 8.62. The first-order valence-corrected chi connectivity index (χ1v) is 11.4. The number of aromatic nitrogens is 1. The Hall–Kier alpha value is -3.92. The highest BCUT2D eigenvalue weighted by molar-refractivity contribution is 6.07. The maximum atomic E-state index is 13.0. The fraction of sp³-hybridized carbons (Fsp3) is 0.333. The van der Waals surface area contributed by atoms with Crippen LogP contribution in [0.1, 0.15) is 43.4 Å². The Kier molecular flexibility index (Phi) is 7.07. The second kappa shape index (κ2) is 10.3. The molecule has 2 aliphatic rings. The molecule has 0 spiro atoms. The highest BCUT2D eigenvalue weighted by Crippen LogP contribution is 2.36. The van der Waals surface area contributed by atoms with E-state index in [4.69, 9.17) is 9.84 Å². The number of carbonyl (C=O) groups excluding carboxylic acids is 2. The Balaban J connectivity index is 1.61. The largest absolute Gasteiger partial charge is 0.495 e. The van der Waals surface area contributed by atoms with Gasteiger partial charge in [0.15, 0.2) is 0 Å². The van der Waals surface area contributed by atoms with Crippen molar-refractivity contribution in [3.05, 3.63) is 71.6 Å². The van der Waals surface area contributed by atoms with Crippen LogP contribution in [0.4, 0.5) is 0 Å². The smallest absolute Gasteiger partial charge is 0.296 e. The number of benzene rings is 1. The quantitative estimate of drug-likeness (QED) is 0.553. The zero-order valence-electron chi connectivity index (χ0n) is 19.6. The molecule has 0 unspecified atom stereocenters. The van der Waals surface area contributed by atoms with Crippen LogP contribution in [0, 0.1) is 23.7 Å². The molecule has 1 aliphatic carbocycles. The van der Waals surface area contributed by atoms with Crippen molar-refractivity contribution >= 4 is 17.5 Å². The topological polar surface area (TPSA) is 83.9 Å². The molecule has 0 saturated heterocycles. The maximum Gasteiger partial charge on any atom is 0.296 e. The highest BCUT2D eigenvalue weighted by atomic mass is 16.5. The Morgan fingerprint density at radius 3 is 2.62 bits per heavy atom. The Morgan fingerprint density at radius 2 is 1.91 bits per heavy atom. The van der Waals surface area contributed by atoms with Crippen molar-refractivity contribution < 1.29 is 14.3 Å². The third-order valence-electron chi connectivity index (χ3n) is 6.04. The molecular weight excluding hydrogens is 428 g/mol. The second-order valence-corrected chi connectivity index (χ2v) is 8.62. The van der Waals surface area contributed by atoms with Gasteiger partial charge < -0.3 is 10.1 Å². The lowest BCUT2D eigenvalue weighted by atomic mass is 9.76. The molecule has 1 aliphatic heterocycles. The van der Waals surface area contributed by atoms with E-state index in [0.29, 0.717) is 24.3 Å². The number of nitrogens with zero attached hydrogens (tertiary/aromatic N) is 3. The number of amides is 2. The van der Waals surface area contributed by atoms with Gasteiger partial charge in [-0.2, -0.15) is 5.10 Å².